The Morgan fingerprint density at radius 1 is 1.26 bits per heavy atom. The van der Waals surface area contributed by atoms with Crippen LogP contribution in [0.1, 0.15) is 72.6 Å². The van der Waals surface area contributed by atoms with Gasteiger partial charge in [0.05, 0.1) is 5.41 Å². The topological polar surface area (TPSA) is 37.3 Å². The number of allylic oxidation sites excluding steroid dienone is 3. The first-order valence-electron chi connectivity index (χ1n) is 9.18. The molecule has 0 saturated heterocycles. The molecule has 23 heavy (non-hydrogen) atoms. The molecule has 0 aromatic rings. The second kappa shape index (κ2) is 4.97. The van der Waals surface area contributed by atoms with Crippen molar-refractivity contribution in [2.45, 2.75) is 72.6 Å². The number of carboxylic acid groups (broad SMARTS) is 1. The molecule has 2 saturated carbocycles. The van der Waals surface area contributed by atoms with Crippen molar-refractivity contribution in [3.8, 4) is 0 Å². The third-order valence-electron chi connectivity index (χ3n) is 7.73. The van der Waals surface area contributed by atoms with Gasteiger partial charge < -0.3 is 5.11 Å². The summed E-state index contributed by atoms with van der Waals surface area (Å²) in [4.78, 5) is 12.0. The summed E-state index contributed by atoms with van der Waals surface area (Å²) in [6.07, 6.45) is 12.0. The highest BCUT2D eigenvalue weighted by Crippen LogP contribution is 2.67. The Morgan fingerprint density at radius 3 is 2.57 bits per heavy atom. The molecule has 0 aliphatic heterocycles. The lowest BCUT2D eigenvalue weighted by molar-refractivity contribution is -0.161. The molecule has 128 valence electrons. The molecule has 0 aromatic heterocycles. The van der Waals surface area contributed by atoms with Gasteiger partial charge in [0.1, 0.15) is 0 Å². The highest BCUT2D eigenvalue weighted by Gasteiger charge is 2.60. The Kier molecular flexibility index (Phi) is 3.63. The second-order valence-corrected chi connectivity index (χ2v) is 9.50. The van der Waals surface area contributed by atoms with E-state index in [9.17, 15) is 9.90 Å². The summed E-state index contributed by atoms with van der Waals surface area (Å²) in [6.45, 7) is 13.1. The summed E-state index contributed by atoms with van der Waals surface area (Å²) >= 11 is 0. The van der Waals surface area contributed by atoms with Crippen molar-refractivity contribution in [3.63, 3.8) is 0 Å². The van der Waals surface area contributed by atoms with Crippen LogP contribution in [0.25, 0.3) is 0 Å². The van der Waals surface area contributed by atoms with Gasteiger partial charge in [0.15, 0.2) is 0 Å². The fraction of sp³-hybridized carbons (Fsp3) is 0.762. The molecule has 1 N–H and O–H groups in total. The van der Waals surface area contributed by atoms with E-state index in [1.54, 1.807) is 5.57 Å². The minimum atomic E-state index is -0.593. The Balaban J connectivity index is 2.06. The summed E-state index contributed by atoms with van der Waals surface area (Å²) < 4.78 is 0. The van der Waals surface area contributed by atoms with E-state index in [0.29, 0.717) is 0 Å². The minimum Gasteiger partial charge on any atom is -0.481 e. The molecular formula is C21H32O2. The average Bonchev–Trinajstić information content (AvgIpc) is 2.45. The molecule has 2 heteroatoms. The molecule has 3 aliphatic rings. The SMILES string of the molecule is C=C[C@@]1(C)CC=C2[C@@](C)(CC[C@@H]3[C@](C)(C(=O)O)CCC[C@@]23C)C1. The Bertz CT molecular complexity index is 576. The van der Waals surface area contributed by atoms with Crippen LogP contribution in [0.15, 0.2) is 24.3 Å². The lowest BCUT2D eigenvalue weighted by Crippen LogP contribution is -2.55. The van der Waals surface area contributed by atoms with Crippen LogP contribution in [-0.4, -0.2) is 11.1 Å². The Hall–Kier alpha value is -1.05. The van der Waals surface area contributed by atoms with Gasteiger partial charge in [-0.3, -0.25) is 4.79 Å². The number of rotatable bonds is 2. The largest absolute Gasteiger partial charge is 0.481 e. The van der Waals surface area contributed by atoms with Gasteiger partial charge in [-0.05, 0) is 67.6 Å². The Morgan fingerprint density at radius 2 is 1.96 bits per heavy atom. The summed E-state index contributed by atoms with van der Waals surface area (Å²) in [6, 6.07) is 0. The fourth-order valence-electron chi connectivity index (χ4n) is 6.49. The molecule has 0 amide bonds. The van der Waals surface area contributed by atoms with Gasteiger partial charge in [-0.15, -0.1) is 6.58 Å². The standard InChI is InChI=1S/C21H32O2/c1-6-18(2)12-8-15-19(3,14-18)13-9-16-20(15,4)10-7-11-21(16,5)17(22)23/h6,8,16H,1,7,9-14H2,2-5H3,(H,22,23)/t16-,18-,19-,20-,21+/m0/s1. The number of hydrogen-bond acceptors (Lipinski definition) is 1. The van der Waals surface area contributed by atoms with Crippen molar-refractivity contribution in [2.24, 2.45) is 27.6 Å². The second-order valence-electron chi connectivity index (χ2n) is 9.50. The summed E-state index contributed by atoms with van der Waals surface area (Å²) in [5, 5.41) is 9.90. The number of fused-ring (bicyclic) bond motifs is 3. The smallest absolute Gasteiger partial charge is 0.309 e. The van der Waals surface area contributed by atoms with Crippen LogP contribution in [0.3, 0.4) is 0 Å². The molecule has 0 aromatic carbocycles. The van der Waals surface area contributed by atoms with E-state index in [2.05, 4.69) is 39.5 Å². The van der Waals surface area contributed by atoms with E-state index < -0.39 is 11.4 Å². The lowest BCUT2D eigenvalue weighted by atomic mass is 9.42. The summed E-state index contributed by atoms with van der Waals surface area (Å²) in [5.41, 5.74) is 1.46. The average molecular weight is 316 g/mol. The molecule has 0 radical (unpaired) electrons. The van der Waals surface area contributed by atoms with Crippen molar-refractivity contribution >= 4 is 5.97 Å². The zero-order chi connectivity index (χ0) is 17.1. The van der Waals surface area contributed by atoms with Crippen molar-refractivity contribution in [2.75, 3.05) is 0 Å². The van der Waals surface area contributed by atoms with Crippen molar-refractivity contribution < 1.29 is 9.90 Å². The third-order valence-corrected chi connectivity index (χ3v) is 7.73. The van der Waals surface area contributed by atoms with Crippen LogP contribution in [0, 0.1) is 27.6 Å². The molecule has 3 aliphatic carbocycles. The number of hydrogen-bond donors (Lipinski definition) is 1. The number of aliphatic carboxylic acids is 1. The molecule has 0 spiro atoms. The fourth-order valence-corrected chi connectivity index (χ4v) is 6.49. The normalized spacial score (nSPS) is 49.6. The van der Waals surface area contributed by atoms with E-state index in [-0.39, 0.29) is 22.2 Å². The van der Waals surface area contributed by atoms with Crippen molar-refractivity contribution in [1.29, 1.82) is 0 Å². The van der Waals surface area contributed by atoms with Crippen LogP contribution in [0.4, 0.5) is 0 Å². The highest BCUT2D eigenvalue weighted by atomic mass is 16.4. The zero-order valence-corrected chi connectivity index (χ0v) is 15.2. The summed E-state index contributed by atoms with van der Waals surface area (Å²) in [5.74, 6) is -0.321. The van der Waals surface area contributed by atoms with Gasteiger partial charge in [0.25, 0.3) is 0 Å². The molecule has 5 atom stereocenters. The van der Waals surface area contributed by atoms with Crippen LogP contribution < -0.4 is 0 Å². The minimum absolute atomic E-state index is 0.0564. The molecule has 2 fully saturated rings. The predicted octanol–water partition coefficient (Wildman–Crippen LogP) is 5.60. The first-order valence-corrected chi connectivity index (χ1v) is 9.18. The van der Waals surface area contributed by atoms with E-state index in [4.69, 9.17) is 0 Å². The maximum absolute atomic E-state index is 12.0. The quantitative estimate of drug-likeness (QED) is 0.674. The van der Waals surface area contributed by atoms with Gasteiger partial charge in [0.2, 0.25) is 0 Å². The van der Waals surface area contributed by atoms with Crippen molar-refractivity contribution in [1.82, 2.24) is 0 Å². The zero-order valence-electron chi connectivity index (χ0n) is 15.2. The molecule has 3 rings (SSSR count). The highest BCUT2D eigenvalue weighted by molar-refractivity contribution is 5.75. The van der Waals surface area contributed by atoms with E-state index in [0.717, 1.165) is 44.9 Å². The Labute approximate surface area is 141 Å². The van der Waals surface area contributed by atoms with Gasteiger partial charge in [0, 0.05) is 0 Å². The third kappa shape index (κ3) is 2.24. The lowest BCUT2D eigenvalue weighted by Gasteiger charge is -2.61. The first kappa shape index (κ1) is 16.8. The number of carbonyl (C=O) groups is 1. The van der Waals surface area contributed by atoms with E-state index in [1.165, 1.54) is 0 Å². The van der Waals surface area contributed by atoms with Crippen LogP contribution in [-0.2, 0) is 4.79 Å². The maximum atomic E-state index is 12.0. The van der Waals surface area contributed by atoms with Gasteiger partial charge in [-0.25, -0.2) is 0 Å². The van der Waals surface area contributed by atoms with Gasteiger partial charge in [-0.1, -0.05) is 44.9 Å². The van der Waals surface area contributed by atoms with Crippen molar-refractivity contribution in [3.05, 3.63) is 24.3 Å². The van der Waals surface area contributed by atoms with Crippen LogP contribution in [0.5, 0.6) is 0 Å². The van der Waals surface area contributed by atoms with E-state index >= 15 is 0 Å². The molecule has 0 bridgehead atoms. The van der Waals surface area contributed by atoms with Gasteiger partial charge >= 0.3 is 5.97 Å². The number of carboxylic acids is 1. The maximum Gasteiger partial charge on any atom is 0.309 e. The van der Waals surface area contributed by atoms with Crippen LogP contribution >= 0.6 is 0 Å². The molecule has 0 unspecified atom stereocenters. The summed E-state index contributed by atoms with van der Waals surface area (Å²) in [7, 11) is 0. The molecule has 0 heterocycles. The molecule has 2 nitrogen and oxygen atoms in total. The monoisotopic (exact) mass is 316 g/mol. The first-order chi connectivity index (χ1) is 10.6. The predicted molar refractivity (Wildman–Crippen MR) is 94.2 cm³/mol. The molecular weight excluding hydrogens is 284 g/mol. The van der Waals surface area contributed by atoms with Gasteiger partial charge in [-0.2, -0.15) is 0 Å². The van der Waals surface area contributed by atoms with E-state index in [1.807, 2.05) is 6.92 Å². The van der Waals surface area contributed by atoms with Crippen LogP contribution in [0.2, 0.25) is 0 Å².